The first kappa shape index (κ1) is 14.6. The van der Waals surface area contributed by atoms with Crippen LogP contribution in [-0.2, 0) is 11.2 Å². The van der Waals surface area contributed by atoms with Gasteiger partial charge in [0.25, 0.3) is 0 Å². The van der Waals surface area contributed by atoms with Crippen molar-refractivity contribution in [1.82, 2.24) is 10.3 Å². The number of nitrogens with zero attached hydrogens (tertiary/aromatic N) is 1. The molecule has 1 heterocycles. The quantitative estimate of drug-likeness (QED) is 0.781. The molecule has 1 aromatic heterocycles. The van der Waals surface area contributed by atoms with Crippen molar-refractivity contribution < 1.29 is 9.84 Å². The first-order valence-corrected chi connectivity index (χ1v) is 6.72. The van der Waals surface area contributed by atoms with Crippen LogP contribution in [0.15, 0.2) is 0 Å². The third-order valence-corrected chi connectivity index (χ3v) is 4.00. The van der Waals surface area contributed by atoms with Gasteiger partial charge in [-0.1, -0.05) is 0 Å². The number of rotatable bonds is 7. The SMILES string of the molecule is COCCc1nc(C)c(C(C)N[C@H](C)CO)s1. The molecule has 98 valence electrons. The first-order valence-electron chi connectivity index (χ1n) is 5.90. The molecule has 4 nitrogen and oxygen atoms in total. The van der Waals surface area contributed by atoms with E-state index in [0.717, 1.165) is 17.1 Å². The van der Waals surface area contributed by atoms with Crippen molar-refractivity contribution in [1.29, 1.82) is 0 Å². The molecular formula is C12H22N2O2S. The molecular weight excluding hydrogens is 236 g/mol. The summed E-state index contributed by atoms with van der Waals surface area (Å²) in [5.74, 6) is 0. The third-order valence-electron chi connectivity index (χ3n) is 2.60. The van der Waals surface area contributed by atoms with Gasteiger partial charge >= 0.3 is 0 Å². The second-order valence-electron chi connectivity index (χ2n) is 4.27. The monoisotopic (exact) mass is 258 g/mol. The van der Waals surface area contributed by atoms with Crippen molar-refractivity contribution in [3.63, 3.8) is 0 Å². The minimum Gasteiger partial charge on any atom is -0.395 e. The molecule has 0 aromatic carbocycles. The summed E-state index contributed by atoms with van der Waals surface area (Å²) in [5, 5.41) is 13.5. The molecule has 1 unspecified atom stereocenters. The Bertz CT molecular complexity index is 341. The van der Waals surface area contributed by atoms with E-state index in [4.69, 9.17) is 9.84 Å². The maximum Gasteiger partial charge on any atom is 0.0954 e. The van der Waals surface area contributed by atoms with Crippen molar-refractivity contribution in [2.24, 2.45) is 0 Å². The Morgan fingerprint density at radius 1 is 1.47 bits per heavy atom. The maximum absolute atomic E-state index is 9.03. The van der Waals surface area contributed by atoms with Crippen molar-refractivity contribution in [2.45, 2.75) is 39.3 Å². The van der Waals surface area contributed by atoms with Crippen LogP contribution < -0.4 is 5.32 Å². The number of aryl methyl sites for hydroxylation is 1. The minimum absolute atomic E-state index is 0.105. The average molecular weight is 258 g/mol. The number of nitrogens with one attached hydrogen (secondary N) is 1. The van der Waals surface area contributed by atoms with Gasteiger partial charge in [0, 0.05) is 30.5 Å². The van der Waals surface area contributed by atoms with Gasteiger partial charge in [-0.05, 0) is 20.8 Å². The topological polar surface area (TPSA) is 54.4 Å². The van der Waals surface area contributed by atoms with Crippen LogP contribution in [0.1, 0.15) is 35.5 Å². The van der Waals surface area contributed by atoms with E-state index in [0.29, 0.717) is 6.61 Å². The molecule has 0 radical (unpaired) electrons. The third kappa shape index (κ3) is 4.35. The lowest BCUT2D eigenvalue weighted by molar-refractivity contribution is 0.202. The molecule has 0 saturated heterocycles. The van der Waals surface area contributed by atoms with E-state index in [2.05, 4.69) is 17.2 Å². The fraction of sp³-hybridized carbons (Fsp3) is 0.750. The first-order chi connectivity index (χ1) is 8.08. The Kier molecular flexibility index (Phi) is 6.05. The zero-order chi connectivity index (χ0) is 12.8. The van der Waals surface area contributed by atoms with Crippen LogP contribution in [0.3, 0.4) is 0 Å². The van der Waals surface area contributed by atoms with E-state index in [-0.39, 0.29) is 18.7 Å². The normalized spacial score (nSPS) is 14.9. The Hall–Kier alpha value is -0.490. The number of hydrogen-bond acceptors (Lipinski definition) is 5. The van der Waals surface area contributed by atoms with E-state index < -0.39 is 0 Å². The van der Waals surface area contributed by atoms with Gasteiger partial charge in [-0.3, -0.25) is 0 Å². The largest absolute Gasteiger partial charge is 0.395 e. The van der Waals surface area contributed by atoms with Crippen LogP contribution in [0.25, 0.3) is 0 Å². The standard InChI is InChI=1S/C12H22N2O2S/c1-8(7-15)13-9(2)12-10(3)14-11(17-12)5-6-16-4/h8-9,13,15H,5-7H2,1-4H3/t8-,9?/m1/s1. The van der Waals surface area contributed by atoms with Crippen LogP contribution in [0.4, 0.5) is 0 Å². The van der Waals surface area contributed by atoms with E-state index in [1.165, 1.54) is 4.88 Å². The summed E-state index contributed by atoms with van der Waals surface area (Å²) in [4.78, 5) is 5.79. The van der Waals surface area contributed by atoms with E-state index >= 15 is 0 Å². The van der Waals surface area contributed by atoms with Crippen molar-refractivity contribution in [3.8, 4) is 0 Å². The van der Waals surface area contributed by atoms with Crippen LogP contribution >= 0.6 is 11.3 Å². The van der Waals surface area contributed by atoms with Crippen LogP contribution in [-0.4, -0.2) is 36.5 Å². The fourth-order valence-corrected chi connectivity index (χ4v) is 2.78. The highest BCUT2D eigenvalue weighted by molar-refractivity contribution is 7.11. The highest BCUT2D eigenvalue weighted by Gasteiger charge is 2.15. The molecule has 0 saturated carbocycles. The average Bonchev–Trinajstić information content (AvgIpc) is 2.67. The summed E-state index contributed by atoms with van der Waals surface area (Å²) in [5.41, 5.74) is 1.08. The smallest absolute Gasteiger partial charge is 0.0954 e. The Balaban J connectivity index is 2.66. The summed E-state index contributed by atoms with van der Waals surface area (Å²) < 4.78 is 5.06. The molecule has 0 aliphatic carbocycles. The van der Waals surface area contributed by atoms with Crippen molar-refractivity contribution >= 4 is 11.3 Å². The van der Waals surface area contributed by atoms with E-state index in [9.17, 15) is 0 Å². The molecule has 2 atom stereocenters. The summed E-state index contributed by atoms with van der Waals surface area (Å²) in [6.45, 7) is 6.97. The van der Waals surface area contributed by atoms with Crippen LogP contribution in [0, 0.1) is 6.92 Å². The highest BCUT2D eigenvalue weighted by Crippen LogP contribution is 2.25. The molecule has 0 fully saturated rings. The van der Waals surface area contributed by atoms with Gasteiger partial charge in [0.15, 0.2) is 0 Å². The van der Waals surface area contributed by atoms with Gasteiger partial charge in [-0.2, -0.15) is 0 Å². The van der Waals surface area contributed by atoms with E-state index in [1.807, 2.05) is 13.8 Å². The van der Waals surface area contributed by atoms with Crippen molar-refractivity contribution in [3.05, 3.63) is 15.6 Å². The molecule has 0 bridgehead atoms. The lowest BCUT2D eigenvalue weighted by Gasteiger charge is -2.17. The van der Waals surface area contributed by atoms with Crippen LogP contribution in [0.2, 0.25) is 0 Å². The second kappa shape index (κ2) is 7.06. The van der Waals surface area contributed by atoms with Gasteiger partial charge in [0.2, 0.25) is 0 Å². The molecule has 17 heavy (non-hydrogen) atoms. The van der Waals surface area contributed by atoms with Gasteiger partial charge in [-0.25, -0.2) is 4.98 Å². The maximum atomic E-state index is 9.03. The van der Waals surface area contributed by atoms with Crippen molar-refractivity contribution in [2.75, 3.05) is 20.3 Å². The molecule has 5 heteroatoms. The lowest BCUT2D eigenvalue weighted by Crippen LogP contribution is -2.31. The Morgan fingerprint density at radius 3 is 2.76 bits per heavy atom. The predicted octanol–water partition coefficient (Wildman–Crippen LogP) is 1.67. The van der Waals surface area contributed by atoms with Gasteiger partial charge in [0.05, 0.1) is 23.9 Å². The fourth-order valence-electron chi connectivity index (χ4n) is 1.72. The molecule has 0 amide bonds. The number of methoxy groups -OCH3 is 1. The number of aliphatic hydroxyl groups excluding tert-OH is 1. The summed E-state index contributed by atoms with van der Waals surface area (Å²) >= 11 is 1.72. The predicted molar refractivity (Wildman–Crippen MR) is 70.5 cm³/mol. The van der Waals surface area contributed by atoms with Gasteiger partial charge in [0.1, 0.15) is 0 Å². The summed E-state index contributed by atoms with van der Waals surface area (Å²) in [7, 11) is 1.70. The Labute approximate surface area is 107 Å². The molecule has 1 rings (SSSR count). The molecule has 0 aliphatic rings. The Morgan fingerprint density at radius 2 is 2.18 bits per heavy atom. The molecule has 2 N–H and O–H groups in total. The van der Waals surface area contributed by atoms with Crippen LogP contribution in [0.5, 0.6) is 0 Å². The number of thiazole rings is 1. The number of ether oxygens (including phenoxy) is 1. The number of hydrogen-bond donors (Lipinski definition) is 2. The molecule has 0 spiro atoms. The second-order valence-corrected chi connectivity index (χ2v) is 5.39. The zero-order valence-electron chi connectivity index (χ0n) is 11.0. The highest BCUT2D eigenvalue weighted by atomic mass is 32.1. The van der Waals surface area contributed by atoms with E-state index in [1.54, 1.807) is 18.4 Å². The summed E-state index contributed by atoms with van der Waals surface area (Å²) in [6.07, 6.45) is 0.865. The zero-order valence-corrected chi connectivity index (χ0v) is 11.8. The molecule has 0 aliphatic heterocycles. The number of aliphatic hydroxyl groups is 1. The summed E-state index contributed by atoms with van der Waals surface area (Å²) in [6, 6.07) is 0.333. The number of aromatic nitrogens is 1. The molecule has 1 aromatic rings. The van der Waals surface area contributed by atoms with Gasteiger partial charge in [-0.15, -0.1) is 11.3 Å². The lowest BCUT2D eigenvalue weighted by atomic mass is 10.2. The minimum atomic E-state index is 0.105. The van der Waals surface area contributed by atoms with Gasteiger partial charge < -0.3 is 15.2 Å².